The highest BCUT2D eigenvalue weighted by Crippen LogP contribution is 2.27. The zero-order chi connectivity index (χ0) is 21.9. The number of amides is 1. The zero-order valence-corrected chi connectivity index (χ0v) is 20.1. The lowest BCUT2D eigenvalue weighted by atomic mass is 9.89. The van der Waals surface area contributed by atoms with Gasteiger partial charge < -0.3 is 5.32 Å². The Morgan fingerprint density at radius 3 is 2.47 bits per heavy atom. The molecule has 0 aliphatic heterocycles. The van der Waals surface area contributed by atoms with Crippen LogP contribution in [0.25, 0.3) is 0 Å². The van der Waals surface area contributed by atoms with Crippen molar-refractivity contribution in [3.8, 4) is 0 Å². The Labute approximate surface area is 188 Å². The van der Waals surface area contributed by atoms with Crippen LogP contribution in [0, 0.1) is 6.92 Å². The summed E-state index contributed by atoms with van der Waals surface area (Å²) in [5.74, 6) is -0.314. The van der Waals surface area contributed by atoms with Crippen LogP contribution in [0.15, 0.2) is 40.9 Å². The van der Waals surface area contributed by atoms with Gasteiger partial charge in [0, 0.05) is 4.47 Å². The lowest BCUT2D eigenvalue weighted by Gasteiger charge is -2.25. The fraction of sp³-hybridized carbons (Fsp3) is 0.435. The fourth-order valence-corrected chi connectivity index (χ4v) is 5.04. The predicted molar refractivity (Wildman–Crippen MR) is 125 cm³/mol. The summed E-state index contributed by atoms with van der Waals surface area (Å²) in [6.45, 7) is 3.66. The molecule has 1 amide bonds. The first-order valence-electron chi connectivity index (χ1n) is 10.3. The van der Waals surface area contributed by atoms with Gasteiger partial charge in [0.25, 0.3) is 0 Å². The summed E-state index contributed by atoms with van der Waals surface area (Å²) < 4.78 is 26.8. The van der Waals surface area contributed by atoms with E-state index >= 15 is 0 Å². The molecule has 0 saturated carbocycles. The highest BCUT2D eigenvalue weighted by molar-refractivity contribution is 9.10. The van der Waals surface area contributed by atoms with Crippen LogP contribution in [0.3, 0.4) is 0 Å². The Bertz CT molecular complexity index is 1040. The Balaban J connectivity index is 1.77. The number of carbonyl (C=O) groups excluding carboxylic acids is 1. The van der Waals surface area contributed by atoms with Crippen molar-refractivity contribution in [2.24, 2.45) is 0 Å². The van der Waals surface area contributed by atoms with E-state index in [-0.39, 0.29) is 18.5 Å². The quantitative estimate of drug-likeness (QED) is 0.610. The van der Waals surface area contributed by atoms with Crippen molar-refractivity contribution in [1.29, 1.82) is 0 Å². The molecule has 1 N–H and O–H groups in total. The van der Waals surface area contributed by atoms with Crippen molar-refractivity contribution in [2.75, 3.05) is 17.1 Å². The van der Waals surface area contributed by atoms with Crippen LogP contribution in [0.2, 0.25) is 0 Å². The molecule has 1 aliphatic carbocycles. The van der Waals surface area contributed by atoms with Gasteiger partial charge >= 0.3 is 0 Å². The third-order valence-corrected chi connectivity index (χ3v) is 7.67. The van der Waals surface area contributed by atoms with Gasteiger partial charge in [-0.1, -0.05) is 41.1 Å². The molecule has 1 atom stereocenters. The van der Waals surface area contributed by atoms with E-state index in [1.54, 1.807) is 18.2 Å². The van der Waals surface area contributed by atoms with Crippen LogP contribution < -0.4 is 9.62 Å². The zero-order valence-electron chi connectivity index (χ0n) is 17.7. The SMILES string of the molecule is CC[C@H](NC(=O)CN(c1ccc(Br)c(C)c1)S(C)(=O)=O)c1ccc2c(c1)CCCC2. The van der Waals surface area contributed by atoms with Crippen LogP contribution in [0.5, 0.6) is 0 Å². The third-order valence-electron chi connectivity index (χ3n) is 5.64. The van der Waals surface area contributed by atoms with E-state index in [9.17, 15) is 13.2 Å². The first-order chi connectivity index (χ1) is 14.2. The number of anilines is 1. The lowest BCUT2D eigenvalue weighted by Crippen LogP contribution is -2.41. The number of aryl methyl sites for hydroxylation is 3. The van der Waals surface area contributed by atoms with Crippen LogP contribution in [0.1, 0.15) is 54.5 Å². The van der Waals surface area contributed by atoms with Gasteiger partial charge in [-0.05, 0) is 79.5 Å². The predicted octanol–water partition coefficient (Wildman–Crippen LogP) is 4.67. The topological polar surface area (TPSA) is 66.5 Å². The monoisotopic (exact) mass is 492 g/mol. The number of carbonyl (C=O) groups is 1. The van der Waals surface area contributed by atoms with Gasteiger partial charge in [0.2, 0.25) is 15.9 Å². The van der Waals surface area contributed by atoms with Crippen LogP contribution in [0.4, 0.5) is 5.69 Å². The molecule has 0 spiro atoms. The number of sulfonamides is 1. The molecule has 3 rings (SSSR count). The minimum Gasteiger partial charge on any atom is -0.348 e. The molecule has 2 aromatic rings. The average Bonchev–Trinajstić information content (AvgIpc) is 2.71. The second-order valence-corrected chi connectivity index (χ2v) is 10.7. The van der Waals surface area contributed by atoms with Gasteiger partial charge in [0.05, 0.1) is 18.0 Å². The largest absolute Gasteiger partial charge is 0.348 e. The number of hydrogen-bond donors (Lipinski definition) is 1. The second kappa shape index (κ2) is 9.52. The van der Waals surface area contributed by atoms with Crippen LogP contribution >= 0.6 is 15.9 Å². The molecule has 2 aromatic carbocycles. The summed E-state index contributed by atoms with van der Waals surface area (Å²) in [5, 5.41) is 3.03. The number of benzene rings is 2. The number of halogens is 1. The lowest BCUT2D eigenvalue weighted by molar-refractivity contribution is -0.120. The average molecular weight is 493 g/mol. The molecular weight excluding hydrogens is 464 g/mol. The van der Waals surface area contributed by atoms with E-state index in [0.717, 1.165) is 45.4 Å². The number of hydrogen-bond acceptors (Lipinski definition) is 3. The normalized spacial score (nSPS) is 14.7. The minimum atomic E-state index is -3.60. The molecule has 7 heteroatoms. The van der Waals surface area contributed by atoms with E-state index in [0.29, 0.717) is 5.69 Å². The minimum absolute atomic E-state index is 0.141. The summed E-state index contributed by atoms with van der Waals surface area (Å²) in [5.41, 5.74) is 5.24. The molecule has 0 saturated heterocycles. The maximum atomic E-state index is 12.8. The first kappa shape index (κ1) is 22.8. The maximum absolute atomic E-state index is 12.8. The van der Waals surface area contributed by atoms with E-state index in [1.807, 2.05) is 13.8 Å². The summed E-state index contributed by atoms with van der Waals surface area (Å²) >= 11 is 3.43. The van der Waals surface area contributed by atoms with Gasteiger partial charge in [-0.15, -0.1) is 0 Å². The molecule has 0 bridgehead atoms. The number of nitrogens with one attached hydrogen (secondary N) is 1. The molecule has 0 radical (unpaired) electrons. The van der Waals surface area contributed by atoms with Crippen LogP contribution in [-0.4, -0.2) is 27.1 Å². The second-order valence-electron chi connectivity index (χ2n) is 7.97. The summed E-state index contributed by atoms with van der Waals surface area (Å²) in [6, 6.07) is 11.6. The fourth-order valence-electron chi connectivity index (χ4n) is 3.95. The van der Waals surface area contributed by atoms with E-state index < -0.39 is 10.0 Å². The van der Waals surface area contributed by atoms with Gasteiger partial charge in [-0.2, -0.15) is 0 Å². The summed E-state index contributed by atoms with van der Waals surface area (Å²) in [7, 11) is -3.60. The molecule has 30 heavy (non-hydrogen) atoms. The molecule has 1 aliphatic rings. The van der Waals surface area contributed by atoms with Crippen molar-refractivity contribution in [2.45, 2.75) is 52.0 Å². The highest BCUT2D eigenvalue weighted by Gasteiger charge is 2.23. The molecule has 0 heterocycles. The van der Waals surface area contributed by atoms with Crippen molar-refractivity contribution >= 4 is 37.5 Å². The number of rotatable bonds is 7. The maximum Gasteiger partial charge on any atom is 0.241 e. The van der Waals surface area contributed by atoms with Crippen molar-refractivity contribution < 1.29 is 13.2 Å². The van der Waals surface area contributed by atoms with E-state index in [1.165, 1.54) is 24.0 Å². The number of fused-ring (bicyclic) bond motifs is 1. The Morgan fingerprint density at radius 2 is 1.83 bits per heavy atom. The van der Waals surface area contributed by atoms with E-state index in [2.05, 4.69) is 39.4 Å². The third kappa shape index (κ3) is 5.43. The smallest absolute Gasteiger partial charge is 0.241 e. The van der Waals surface area contributed by atoms with Gasteiger partial charge in [0.15, 0.2) is 0 Å². The van der Waals surface area contributed by atoms with Crippen molar-refractivity contribution in [3.05, 3.63) is 63.1 Å². The molecular formula is C23H29BrN2O3S. The Hall–Kier alpha value is -1.86. The standard InChI is InChI=1S/C23H29BrN2O3S/c1-4-22(19-10-9-17-7-5-6-8-18(17)14-19)25-23(27)15-26(30(3,28)29)20-11-12-21(24)16(2)13-20/h9-14,22H,4-8,15H2,1-3H3,(H,25,27)/t22-/m0/s1. The molecule has 0 unspecified atom stereocenters. The van der Waals surface area contributed by atoms with Crippen molar-refractivity contribution in [3.63, 3.8) is 0 Å². The Morgan fingerprint density at radius 1 is 1.13 bits per heavy atom. The van der Waals surface area contributed by atoms with Crippen LogP contribution in [-0.2, 0) is 27.7 Å². The van der Waals surface area contributed by atoms with Crippen molar-refractivity contribution in [1.82, 2.24) is 5.32 Å². The highest BCUT2D eigenvalue weighted by atomic mass is 79.9. The van der Waals surface area contributed by atoms with Gasteiger partial charge in [-0.25, -0.2) is 8.42 Å². The van der Waals surface area contributed by atoms with E-state index in [4.69, 9.17) is 0 Å². The number of nitrogens with zero attached hydrogens (tertiary/aromatic N) is 1. The molecule has 0 aromatic heterocycles. The molecule has 0 fully saturated rings. The summed E-state index contributed by atoms with van der Waals surface area (Å²) in [4.78, 5) is 12.8. The molecule has 162 valence electrons. The van der Waals surface area contributed by atoms with Gasteiger partial charge in [-0.3, -0.25) is 9.10 Å². The summed E-state index contributed by atoms with van der Waals surface area (Å²) in [6.07, 6.45) is 6.50. The first-order valence-corrected chi connectivity index (χ1v) is 13.0. The van der Waals surface area contributed by atoms with Gasteiger partial charge in [0.1, 0.15) is 6.54 Å². The molecule has 5 nitrogen and oxygen atoms in total. The Kier molecular flexibility index (Phi) is 7.24.